The lowest BCUT2D eigenvalue weighted by molar-refractivity contribution is 0.112. The lowest BCUT2D eigenvalue weighted by Gasteiger charge is -2.33. The minimum Gasteiger partial charge on any atom is -0.375 e. The van der Waals surface area contributed by atoms with Crippen LogP contribution in [0.25, 0.3) is 0 Å². The summed E-state index contributed by atoms with van der Waals surface area (Å²) in [6.45, 7) is 8.35. The number of aromatic nitrogens is 1. The van der Waals surface area contributed by atoms with Gasteiger partial charge in [0.2, 0.25) is 0 Å². The van der Waals surface area contributed by atoms with Crippen molar-refractivity contribution in [2.24, 2.45) is 0 Å². The quantitative estimate of drug-likeness (QED) is 0.902. The van der Waals surface area contributed by atoms with Gasteiger partial charge >= 0.3 is 0 Å². The minimum atomic E-state index is 0.502. The van der Waals surface area contributed by atoms with Crippen LogP contribution in [0, 0.1) is 0 Å². The molecule has 0 radical (unpaired) electrons. The molecule has 1 unspecified atom stereocenters. The van der Waals surface area contributed by atoms with Gasteiger partial charge in [-0.2, -0.15) is 0 Å². The third-order valence-electron chi connectivity index (χ3n) is 3.78. The van der Waals surface area contributed by atoms with E-state index in [-0.39, 0.29) is 0 Å². The maximum absolute atomic E-state index is 5.51. The molecule has 2 aliphatic heterocycles. The summed E-state index contributed by atoms with van der Waals surface area (Å²) in [5.74, 6) is 0. The molecule has 0 amide bonds. The van der Waals surface area contributed by atoms with Gasteiger partial charge in [0.15, 0.2) is 0 Å². The molecule has 100 valence electrons. The summed E-state index contributed by atoms with van der Waals surface area (Å²) < 4.78 is 5.51. The van der Waals surface area contributed by atoms with Crippen molar-refractivity contribution in [2.45, 2.75) is 32.4 Å². The average molecular weight is 267 g/mol. The van der Waals surface area contributed by atoms with Gasteiger partial charge in [0.1, 0.15) is 5.01 Å². The second-order valence-electron chi connectivity index (χ2n) is 4.93. The fourth-order valence-electron chi connectivity index (χ4n) is 2.77. The Balaban J connectivity index is 1.79. The maximum Gasteiger partial charge on any atom is 0.110 e. The van der Waals surface area contributed by atoms with Crippen molar-refractivity contribution in [3.8, 4) is 0 Å². The lowest BCUT2D eigenvalue weighted by Crippen LogP contribution is -2.45. The van der Waals surface area contributed by atoms with Crippen molar-refractivity contribution >= 4 is 11.3 Å². The molecule has 1 atom stereocenters. The molecule has 1 aromatic rings. The molecule has 0 aliphatic carbocycles. The first-order valence-corrected chi connectivity index (χ1v) is 7.71. The molecule has 18 heavy (non-hydrogen) atoms. The van der Waals surface area contributed by atoms with Gasteiger partial charge in [-0.3, -0.25) is 4.90 Å². The van der Waals surface area contributed by atoms with E-state index >= 15 is 0 Å². The number of thiazole rings is 1. The molecule has 3 heterocycles. The molecule has 4 nitrogen and oxygen atoms in total. The second kappa shape index (κ2) is 5.65. The number of ether oxygens (including phenoxy) is 1. The third-order valence-corrected chi connectivity index (χ3v) is 4.95. The van der Waals surface area contributed by atoms with E-state index in [4.69, 9.17) is 9.72 Å². The molecule has 0 saturated carbocycles. The minimum absolute atomic E-state index is 0.502. The first-order chi connectivity index (χ1) is 8.88. The predicted molar refractivity (Wildman–Crippen MR) is 72.9 cm³/mol. The number of nitrogens with zero attached hydrogens (tertiary/aromatic N) is 2. The van der Waals surface area contributed by atoms with Crippen LogP contribution >= 0.6 is 11.3 Å². The zero-order valence-corrected chi connectivity index (χ0v) is 11.8. The highest BCUT2D eigenvalue weighted by molar-refractivity contribution is 7.11. The van der Waals surface area contributed by atoms with Gasteiger partial charge in [0.05, 0.1) is 29.8 Å². The molecule has 5 heteroatoms. The van der Waals surface area contributed by atoms with E-state index in [1.807, 2.05) is 11.3 Å². The molecule has 0 spiro atoms. The van der Waals surface area contributed by atoms with Crippen molar-refractivity contribution in [1.82, 2.24) is 15.2 Å². The summed E-state index contributed by atoms with van der Waals surface area (Å²) in [6, 6.07) is 0.502. The zero-order valence-electron chi connectivity index (χ0n) is 10.9. The number of rotatable bonds is 3. The monoisotopic (exact) mass is 267 g/mol. The Morgan fingerprint density at radius 2 is 2.28 bits per heavy atom. The van der Waals surface area contributed by atoms with Crippen LogP contribution in [-0.4, -0.2) is 42.7 Å². The molecule has 1 saturated heterocycles. The van der Waals surface area contributed by atoms with E-state index in [9.17, 15) is 0 Å². The average Bonchev–Trinajstić information content (AvgIpc) is 2.84. The molecule has 1 fully saturated rings. The topological polar surface area (TPSA) is 37.4 Å². The van der Waals surface area contributed by atoms with Crippen LogP contribution in [0.1, 0.15) is 35.0 Å². The summed E-state index contributed by atoms with van der Waals surface area (Å²) in [6.07, 6.45) is 2.14. The van der Waals surface area contributed by atoms with Gasteiger partial charge in [-0.05, 0) is 6.42 Å². The standard InChI is InChI=1S/C13H21N3OS/c1-2-11(16-6-4-14-5-7-16)13-15-10-3-8-17-9-12(10)18-13/h11,14H,2-9H2,1H3. The fourth-order valence-corrected chi connectivity index (χ4v) is 4.04. The Morgan fingerprint density at radius 3 is 3.00 bits per heavy atom. The van der Waals surface area contributed by atoms with Crippen molar-refractivity contribution in [1.29, 1.82) is 0 Å². The van der Waals surface area contributed by atoms with Gasteiger partial charge in [-0.15, -0.1) is 11.3 Å². The fraction of sp³-hybridized carbons (Fsp3) is 0.769. The van der Waals surface area contributed by atoms with Crippen LogP contribution in [0.15, 0.2) is 0 Å². The van der Waals surface area contributed by atoms with Gasteiger partial charge in [0, 0.05) is 32.6 Å². The highest BCUT2D eigenvalue weighted by atomic mass is 32.1. The van der Waals surface area contributed by atoms with Crippen LogP contribution in [0.5, 0.6) is 0 Å². The Bertz CT molecular complexity index is 377. The zero-order chi connectivity index (χ0) is 12.4. The van der Waals surface area contributed by atoms with E-state index in [2.05, 4.69) is 17.1 Å². The summed E-state index contributed by atoms with van der Waals surface area (Å²) >= 11 is 1.86. The number of hydrogen-bond donors (Lipinski definition) is 1. The van der Waals surface area contributed by atoms with Crippen LogP contribution in [0.2, 0.25) is 0 Å². The summed E-state index contributed by atoms with van der Waals surface area (Å²) in [5, 5.41) is 4.72. The first kappa shape index (κ1) is 12.5. The molecule has 1 N–H and O–H groups in total. The van der Waals surface area contributed by atoms with E-state index in [0.717, 1.165) is 52.2 Å². The van der Waals surface area contributed by atoms with Crippen LogP contribution < -0.4 is 5.32 Å². The summed E-state index contributed by atoms with van der Waals surface area (Å²) in [7, 11) is 0. The number of nitrogens with one attached hydrogen (secondary N) is 1. The Kier molecular flexibility index (Phi) is 3.94. The van der Waals surface area contributed by atoms with Crippen molar-refractivity contribution in [3.63, 3.8) is 0 Å². The Labute approximate surface area is 112 Å². The van der Waals surface area contributed by atoms with Crippen molar-refractivity contribution in [2.75, 3.05) is 32.8 Å². The van der Waals surface area contributed by atoms with Crippen LogP contribution in [0.3, 0.4) is 0 Å². The highest BCUT2D eigenvalue weighted by Gasteiger charge is 2.25. The summed E-state index contributed by atoms with van der Waals surface area (Å²) in [4.78, 5) is 8.80. The molecule has 0 aromatic carbocycles. The third kappa shape index (κ3) is 2.45. The largest absolute Gasteiger partial charge is 0.375 e. The molecule has 0 bridgehead atoms. The summed E-state index contributed by atoms with van der Waals surface area (Å²) in [5.41, 5.74) is 1.29. The number of fused-ring (bicyclic) bond motifs is 1. The smallest absolute Gasteiger partial charge is 0.110 e. The first-order valence-electron chi connectivity index (χ1n) is 6.89. The van der Waals surface area contributed by atoms with E-state index in [1.165, 1.54) is 15.6 Å². The van der Waals surface area contributed by atoms with Crippen LogP contribution in [0.4, 0.5) is 0 Å². The molecular formula is C13H21N3OS. The molecule has 3 rings (SSSR count). The van der Waals surface area contributed by atoms with E-state index in [0.29, 0.717) is 6.04 Å². The van der Waals surface area contributed by atoms with Gasteiger partial charge < -0.3 is 10.1 Å². The molecular weight excluding hydrogens is 246 g/mol. The van der Waals surface area contributed by atoms with Crippen molar-refractivity contribution < 1.29 is 4.74 Å². The maximum atomic E-state index is 5.51. The molecule has 2 aliphatic rings. The molecule has 1 aromatic heterocycles. The Hall–Kier alpha value is -0.490. The van der Waals surface area contributed by atoms with E-state index < -0.39 is 0 Å². The second-order valence-corrected chi connectivity index (χ2v) is 6.05. The number of piperazine rings is 1. The van der Waals surface area contributed by atoms with Gasteiger partial charge in [0.25, 0.3) is 0 Å². The normalized spacial score (nSPS) is 22.7. The van der Waals surface area contributed by atoms with Gasteiger partial charge in [-0.1, -0.05) is 6.92 Å². The SMILES string of the molecule is CCC(c1nc2c(s1)COCC2)N1CCNCC1. The van der Waals surface area contributed by atoms with Crippen molar-refractivity contribution in [3.05, 3.63) is 15.6 Å². The predicted octanol–water partition coefficient (Wildman–Crippen LogP) is 1.57. The number of hydrogen-bond acceptors (Lipinski definition) is 5. The Morgan fingerprint density at radius 1 is 1.44 bits per heavy atom. The van der Waals surface area contributed by atoms with E-state index in [1.54, 1.807) is 0 Å². The van der Waals surface area contributed by atoms with Gasteiger partial charge in [-0.25, -0.2) is 4.98 Å². The highest BCUT2D eigenvalue weighted by Crippen LogP contribution is 2.32. The lowest BCUT2D eigenvalue weighted by atomic mass is 10.1. The van der Waals surface area contributed by atoms with Crippen LogP contribution in [-0.2, 0) is 17.8 Å².